The predicted octanol–water partition coefficient (Wildman–Crippen LogP) is -4.78. The summed E-state index contributed by atoms with van der Waals surface area (Å²) in [5.41, 5.74) is 0. The number of rotatable bonds is 8. The monoisotopic (exact) mass is 304 g/mol. The minimum atomic E-state index is -4.45. The van der Waals surface area contributed by atoms with Crippen molar-refractivity contribution < 1.29 is 85.7 Å². The maximum Gasteiger partial charge on any atom is 1.00 e. The second kappa shape index (κ2) is 9.29. The Kier molecular flexibility index (Phi) is 11.4. The van der Waals surface area contributed by atoms with Gasteiger partial charge in [-0.15, -0.1) is 0 Å². The van der Waals surface area contributed by atoms with E-state index in [2.05, 4.69) is 13.7 Å². The van der Waals surface area contributed by atoms with Crippen LogP contribution in [0.1, 0.15) is 0 Å². The molecule has 0 rings (SSSR count). The normalized spacial score (nSPS) is 12.1. The average molecular weight is 304 g/mol. The standard InChI is InChI=1S/C4H11NO8S2.K/c6-14(7,8)12-3-1-5-2-4-13-15(9,10)11;/h5H,1-4H2,(H,6,7,8)(H,9,10,11);/q;+1. The summed E-state index contributed by atoms with van der Waals surface area (Å²) in [5.74, 6) is 0. The Hall–Kier alpha value is 1.34. The third-order valence-corrected chi connectivity index (χ3v) is 1.95. The molecule has 0 saturated heterocycles. The van der Waals surface area contributed by atoms with Crippen LogP contribution in [-0.4, -0.2) is 52.2 Å². The van der Waals surface area contributed by atoms with Gasteiger partial charge in [-0.2, -0.15) is 16.8 Å². The molecule has 0 aromatic heterocycles. The quantitative estimate of drug-likeness (QED) is 0.229. The molecule has 0 unspecified atom stereocenters. The van der Waals surface area contributed by atoms with Crippen molar-refractivity contribution in [3.8, 4) is 0 Å². The molecular weight excluding hydrogens is 293 g/mol. The Morgan fingerprint density at radius 2 is 1.19 bits per heavy atom. The van der Waals surface area contributed by atoms with Crippen LogP contribution >= 0.6 is 0 Å². The summed E-state index contributed by atoms with van der Waals surface area (Å²) < 4.78 is 64.2. The van der Waals surface area contributed by atoms with Gasteiger partial charge in [0.2, 0.25) is 0 Å². The van der Waals surface area contributed by atoms with Gasteiger partial charge in [-0.05, 0) is 0 Å². The SMILES string of the molecule is O=S(=O)(O)OCCNCCOS(=O)(=O)O.[K+]. The Morgan fingerprint density at radius 1 is 0.875 bits per heavy atom. The molecule has 0 saturated carbocycles. The molecule has 0 aliphatic heterocycles. The molecule has 0 bridgehead atoms. The summed E-state index contributed by atoms with van der Waals surface area (Å²) >= 11 is 0. The summed E-state index contributed by atoms with van der Waals surface area (Å²) in [6.45, 7) is -0.474. The van der Waals surface area contributed by atoms with Crippen LogP contribution in [0.3, 0.4) is 0 Å². The minimum absolute atomic E-state index is 0. The number of hydrogen-bond donors (Lipinski definition) is 3. The van der Waals surface area contributed by atoms with Gasteiger partial charge in [0.05, 0.1) is 13.2 Å². The topological polar surface area (TPSA) is 139 Å². The van der Waals surface area contributed by atoms with E-state index in [-0.39, 0.29) is 77.7 Å². The van der Waals surface area contributed by atoms with Crippen molar-refractivity contribution in [2.45, 2.75) is 0 Å². The molecule has 3 N–H and O–H groups in total. The van der Waals surface area contributed by atoms with E-state index in [9.17, 15) is 16.8 Å². The van der Waals surface area contributed by atoms with Crippen LogP contribution in [0.4, 0.5) is 0 Å². The maximum absolute atomic E-state index is 10.0. The van der Waals surface area contributed by atoms with Gasteiger partial charge >= 0.3 is 72.2 Å². The first-order valence-electron chi connectivity index (χ1n) is 3.65. The molecule has 0 aliphatic carbocycles. The summed E-state index contributed by atoms with van der Waals surface area (Å²) in [4.78, 5) is 0. The average Bonchev–Trinajstić information content (AvgIpc) is 1.98. The van der Waals surface area contributed by atoms with Gasteiger partial charge in [0, 0.05) is 13.1 Å². The molecule has 0 aromatic carbocycles. The molecule has 16 heavy (non-hydrogen) atoms. The van der Waals surface area contributed by atoms with Gasteiger partial charge in [-0.3, -0.25) is 9.11 Å². The molecular formula is C4H11KNO8S2+. The predicted molar refractivity (Wildman–Crippen MR) is 47.9 cm³/mol. The number of nitrogens with one attached hydrogen (secondary N) is 1. The van der Waals surface area contributed by atoms with Crippen molar-refractivity contribution in [1.82, 2.24) is 5.32 Å². The zero-order valence-corrected chi connectivity index (χ0v) is 13.2. The van der Waals surface area contributed by atoms with Gasteiger partial charge in [0.1, 0.15) is 0 Å². The van der Waals surface area contributed by atoms with Crippen molar-refractivity contribution in [3.63, 3.8) is 0 Å². The maximum atomic E-state index is 10.0. The molecule has 0 amide bonds. The van der Waals surface area contributed by atoms with E-state index in [1.165, 1.54) is 0 Å². The van der Waals surface area contributed by atoms with E-state index in [4.69, 9.17) is 9.11 Å². The largest absolute Gasteiger partial charge is 1.00 e. The Bertz CT molecular complexity index is 327. The molecule has 0 aromatic rings. The Morgan fingerprint density at radius 3 is 1.44 bits per heavy atom. The van der Waals surface area contributed by atoms with Crippen LogP contribution in [0.15, 0.2) is 0 Å². The van der Waals surface area contributed by atoms with Gasteiger partial charge < -0.3 is 5.32 Å². The van der Waals surface area contributed by atoms with Crippen LogP contribution in [-0.2, 0) is 29.2 Å². The van der Waals surface area contributed by atoms with Crippen LogP contribution < -0.4 is 56.7 Å². The first-order valence-corrected chi connectivity index (χ1v) is 6.38. The Balaban J connectivity index is 0. The minimum Gasteiger partial charge on any atom is -0.312 e. The first kappa shape index (κ1) is 19.7. The van der Waals surface area contributed by atoms with E-state index >= 15 is 0 Å². The van der Waals surface area contributed by atoms with E-state index in [1.807, 2.05) is 0 Å². The van der Waals surface area contributed by atoms with E-state index in [1.54, 1.807) is 0 Å². The third kappa shape index (κ3) is 17.7. The third-order valence-electron chi connectivity index (χ3n) is 1.02. The fraction of sp³-hybridized carbons (Fsp3) is 1.00. The second-order valence-corrected chi connectivity index (χ2v) is 4.43. The fourth-order valence-corrected chi connectivity index (χ4v) is 1.15. The van der Waals surface area contributed by atoms with Gasteiger partial charge in [0.15, 0.2) is 0 Å². The van der Waals surface area contributed by atoms with Gasteiger partial charge in [-0.25, -0.2) is 8.37 Å². The van der Waals surface area contributed by atoms with Gasteiger partial charge in [-0.1, -0.05) is 0 Å². The smallest absolute Gasteiger partial charge is 0.312 e. The van der Waals surface area contributed by atoms with Crippen molar-refractivity contribution in [2.75, 3.05) is 26.3 Å². The van der Waals surface area contributed by atoms with Crippen molar-refractivity contribution in [1.29, 1.82) is 0 Å². The van der Waals surface area contributed by atoms with E-state index < -0.39 is 20.8 Å². The molecule has 0 spiro atoms. The van der Waals surface area contributed by atoms with E-state index in [0.717, 1.165) is 0 Å². The molecule has 0 fully saturated rings. The molecule has 92 valence electrons. The second-order valence-electron chi connectivity index (χ2n) is 2.25. The molecule has 0 atom stereocenters. The number of hydrogen-bond acceptors (Lipinski definition) is 7. The van der Waals surface area contributed by atoms with Crippen LogP contribution in [0.25, 0.3) is 0 Å². The zero-order chi connectivity index (χ0) is 11.9. The molecule has 0 aliphatic rings. The molecule has 0 heterocycles. The fourth-order valence-electron chi connectivity index (χ4n) is 0.563. The van der Waals surface area contributed by atoms with Crippen molar-refractivity contribution >= 4 is 20.8 Å². The molecule has 12 heteroatoms. The van der Waals surface area contributed by atoms with Crippen molar-refractivity contribution in [3.05, 3.63) is 0 Å². The zero-order valence-electron chi connectivity index (χ0n) is 8.49. The summed E-state index contributed by atoms with van der Waals surface area (Å²) in [6, 6.07) is 0. The summed E-state index contributed by atoms with van der Waals surface area (Å²) in [5, 5.41) is 2.53. The van der Waals surface area contributed by atoms with Gasteiger partial charge in [0.25, 0.3) is 0 Å². The summed E-state index contributed by atoms with van der Waals surface area (Å²) in [6.07, 6.45) is 0. The van der Waals surface area contributed by atoms with Crippen LogP contribution in [0, 0.1) is 0 Å². The van der Waals surface area contributed by atoms with Crippen LogP contribution in [0.5, 0.6) is 0 Å². The van der Waals surface area contributed by atoms with Crippen LogP contribution in [0.2, 0.25) is 0 Å². The first-order chi connectivity index (χ1) is 6.71. The summed E-state index contributed by atoms with van der Waals surface area (Å²) in [7, 11) is -8.89. The molecule has 9 nitrogen and oxygen atoms in total. The van der Waals surface area contributed by atoms with E-state index in [0.29, 0.717) is 0 Å². The molecule has 0 radical (unpaired) electrons. The Labute approximate surface area is 136 Å². The van der Waals surface area contributed by atoms with Crippen molar-refractivity contribution in [2.24, 2.45) is 0 Å².